The maximum Gasteiger partial charge on any atom is 0.132 e. The van der Waals surface area contributed by atoms with E-state index in [2.05, 4.69) is 34.7 Å². The van der Waals surface area contributed by atoms with Crippen LogP contribution in [-0.4, -0.2) is 12.0 Å². The van der Waals surface area contributed by atoms with Crippen LogP contribution in [0.25, 0.3) is 0 Å². The van der Waals surface area contributed by atoms with Gasteiger partial charge in [0.15, 0.2) is 0 Å². The van der Waals surface area contributed by atoms with Gasteiger partial charge in [-0.15, -0.1) is 0 Å². The van der Waals surface area contributed by atoms with Gasteiger partial charge in [0.05, 0.1) is 0 Å². The molecule has 0 saturated heterocycles. The normalized spacial score (nSPS) is 9.88. The van der Waals surface area contributed by atoms with Gasteiger partial charge >= 0.3 is 0 Å². The molecule has 0 atom stereocenters. The molecule has 0 saturated carbocycles. The molecule has 0 radical (unpaired) electrons. The number of anilines is 3. The summed E-state index contributed by atoms with van der Waals surface area (Å²) in [5.74, 6) is 1.70. The van der Waals surface area contributed by atoms with Crippen molar-refractivity contribution in [2.45, 2.75) is 6.92 Å². The predicted molar refractivity (Wildman–Crippen MR) is 68.2 cm³/mol. The van der Waals surface area contributed by atoms with Crippen molar-refractivity contribution in [3.05, 3.63) is 48.0 Å². The Morgan fingerprint density at radius 2 is 1.62 bits per heavy atom. The molecule has 2 N–H and O–H groups in total. The van der Waals surface area contributed by atoms with Crippen molar-refractivity contribution >= 4 is 17.3 Å². The highest BCUT2D eigenvalue weighted by atomic mass is 15.0. The molecule has 0 unspecified atom stereocenters. The highest BCUT2D eigenvalue weighted by Gasteiger charge is 1.96. The second-order valence-electron chi connectivity index (χ2n) is 3.65. The van der Waals surface area contributed by atoms with Gasteiger partial charge in [0.2, 0.25) is 0 Å². The smallest absolute Gasteiger partial charge is 0.132 e. The second-order valence-corrected chi connectivity index (χ2v) is 3.65. The molecule has 0 spiro atoms. The van der Waals surface area contributed by atoms with E-state index in [0.717, 1.165) is 17.3 Å². The van der Waals surface area contributed by atoms with Crippen molar-refractivity contribution in [1.82, 2.24) is 4.98 Å². The van der Waals surface area contributed by atoms with Crippen molar-refractivity contribution in [2.24, 2.45) is 0 Å². The summed E-state index contributed by atoms with van der Waals surface area (Å²) in [6, 6.07) is 14.1. The van der Waals surface area contributed by atoms with E-state index in [0.29, 0.717) is 0 Å². The van der Waals surface area contributed by atoms with E-state index in [4.69, 9.17) is 0 Å². The molecule has 1 heterocycles. The van der Waals surface area contributed by atoms with Gasteiger partial charge in [-0.25, -0.2) is 4.98 Å². The lowest BCUT2D eigenvalue weighted by molar-refractivity contribution is 1.27. The molecular formula is C13H15N3. The first kappa shape index (κ1) is 10.5. The molecule has 2 rings (SSSR count). The molecule has 0 bridgehead atoms. The number of nitrogens with zero attached hydrogens (tertiary/aromatic N) is 1. The lowest BCUT2D eigenvalue weighted by atomic mass is 10.2. The van der Waals surface area contributed by atoms with E-state index in [1.165, 1.54) is 5.56 Å². The average molecular weight is 213 g/mol. The number of hydrogen-bond acceptors (Lipinski definition) is 3. The minimum Gasteiger partial charge on any atom is -0.373 e. The topological polar surface area (TPSA) is 37.0 Å². The molecule has 1 aromatic heterocycles. The zero-order chi connectivity index (χ0) is 11.4. The van der Waals surface area contributed by atoms with Crippen LogP contribution in [0.1, 0.15) is 5.56 Å². The Hall–Kier alpha value is -2.03. The summed E-state index contributed by atoms with van der Waals surface area (Å²) < 4.78 is 0. The largest absolute Gasteiger partial charge is 0.373 e. The van der Waals surface area contributed by atoms with E-state index in [9.17, 15) is 0 Å². The lowest BCUT2D eigenvalue weighted by Gasteiger charge is -2.07. The molecule has 0 aliphatic heterocycles. The summed E-state index contributed by atoms with van der Waals surface area (Å²) in [7, 11) is 1.86. The summed E-state index contributed by atoms with van der Waals surface area (Å²) in [6.45, 7) is 2.07. The van der Waals surface area contributed by atoms with Gasteiger partial charge in [0, 0.05) is 12.7 Å². The first-order chi connectivity index (χ1) is 7.78. The molecule has 82 valence electrons. The number of aryl methyl sites for hydroxylation is 1. The van der Waals surface area contributed by atoms with Gasteiger partial charge in [0.25, 0.3) is 0 Å². The summed E-state index contributed by atoms with van der Waals surface area (Å²) in [6.07, 6.45) is 0. The molecule has 0 aliphatic carbocycles. The number of pyridine rings is 1. The first-order valence-corrected chi connectivity index (χ1v) is 5.26. The van der Waals surface area contributed by atoms with Crippen LogP contribution in [0.5, 0.6) is 0 Å². The zero-order valence-corrected chi connectivity index (χ0v) is 9.49. The number of nitrogens with one attached hydrogen (secondary N) is 2. The van der Waals surface area contributed by atoms with Gasteiger partial charge in [-0.05, 0) is 31.2 Å². The van der Waals surface area contributed by atoms with Crippen LogP contribution in [-0.2, 0) is 0 Å². The number of benzene rings is 1. The van der Waals surface area contributed by atoms with Crippen LogP contribution in [0.4, 0.5) is 17.3 Å². The summed E-state index contributed by atoms with van der Waals surface area (Å²) in [5, 5.41) is 6.27. The van der Waals surface area contributed by atoms with Crippen LogP contribution in [0, 0.1) is 6.92 Å². The van der Waals surface area contributed by atoms with E-state index < -0.39 is 0 Å². The van der Waals surface area contributed by atoms with E-state index in [-0.39, 0.29) is 0 Å². The van der Waals surface area contributed by atoms with Gasteiger partial charge in [-0.1, -0.05) is 23.8 Å². The minimum absolute atomic E-state index is 0.843. The Morgan fingerprint density at radius 1 is 0.938 bits per heavy atom. The van der Waals surface area contributed by atoms with Crippen LogP contribution >= 0.6 is 0 Å². The quantitative estimate of drug-likeness (QED) is 0.822. The zero-order valence-electron chi connectivity index (χ0n) is 9.49. The maximum atomic E-state index is 4.39. The van der Waals surface area contributed by atoms with Crippen molar-refractivity contribution in [3.8, 4) is 0 Å². The fourth-order valence-electron chi connectivity index (χ4n) is 1.43. The van der Waals surface area contributed by atoms with E-state index in [1.807, 2.05) is 37.4 Å². The molecule has 0 aliphatic rings. The highest BCUT2D eigenvalue weighted by molar-refractivity contribution is 5.58. The number of rotatable bonds is 3. The Bertz CT molecular complexity index is 463. The van der Waals surface area contributed by atoms with Gasteiger partial charge in [-0.2, -0.15) is 0 Å². The third kappa shape index (κ3) is 2.51. The van der Waals surface area contributed by atoms with E-state index in [1.54, 1.807) is 0 Å². The Balaban J connectivity index is 2.16. The van der Waals surface area contributed by atoms with Crippen LogP contribution in [0.3, 0.4) is 0 Å². The van der Waals surface area contributed by atoms with Crippen molar-refractivity contribution in [2.75, 3.05) is 17.7 Å². The van der Waals surface area contributed by atoms with Crippen molar-refractivity contribution < 1.29 is 0 Å². The molecule has 1 aromatic carbocycles. The van der Waals surface area contributed by atoms with Gasteiger partial charge in [0.1, 0.15) is 11.6 Å². The molecular weight excluding hydrogens is 198 g/mol. The van der Waals surface area contributed by atoms with E-state index >= 15 is 0 Å². The van der Waals surface area contributed by atoms with Crippen LogP contribution < -0.4 is 10.6 Å². The molecule has 3 nitrogen and oxygen atoms in total. The van der Waals surface area contributed by atoms with Crippen LogP contribution in [0.15, 0.2) is 42.5 Å². The molecule has 0 fully saturated rings. The fraction of sp³-hybridized carbons (Fsp3) is 0.154. The third-order valence-corrected chi connectivity index (χ3v) is 2.33. The number of aromatic nitrogens is 1. The second kappa shape index (κ2) is 4.66. The highest BCUT2D eigenvalue weighted by Crippen LogP contribution is 2.16. The van der Waals surface area contributed by atoms with Gasteiger partial charge in [-0.3, -0.25) is 0 Å². The summed E-state index contributed by atoms with van der Waals surface area (Å²) in [5.41, 5.74) is 2.30. The molecule has 0 amide bonds. The summed E-state index contributed by atoms with van der Waals surface area (Å²) in [4.78, 5) is 4.39. The monoisotopic (exact) mass is 213 g/mol. The minimum atomic E-state index is 0.843. The Kier molecular flexibility index (Phi) is 3.05. The summed E-state index contributed by atoms with van der Waals surface area (Å²) >= 11 is 0. The molecule has 3 heteroatoms. The maximum absolute atomic E-state index is 4.39. The standard InChI is InChI=1S/C13H15N3/c1-10-6-8-11(9-7-10)15-13-5-3-4-12(14-2)16-13/h3-9H,1-2H3,(H2,14,15,16). The predicted octanol–water partition coefficient (Wildman–Crippen LogP) is 3.18. The van der Waals surface area contributed by atoms with Crippen molar-refractivity contribution in [1.29, 1.82) is 0 Å². The van der Waals surface area contributed by atoms with Gasteiger partial charge < -0.3 is 10.6 Å². The van der Waals surface area contributed by atoms with Crippen LogP contribution in [0.2, 0.25) is 0 Å². The first-order valence-electron chi connectivity index (χ1n) is 5.26. The Labute approximate surface area is 95.5 Å². The Morgan fingerprint density at radius 3 is 2.31 bits per heavy atom. The molecule has 16 heavy (non-hydrogen) atoms. The fourth-order valence-corrected chi connectivity index (χ4v) is 1.43. The third-order valence-electron chi connectivity index (χ3n) is 2.33. The van der Waals surface area contributed by atoms with Crippen molar-refractivity contribution in [3.63, 3.8) is 0 Å². The average Bonchev–Trinajstić information content (AvgIpc) is 2.32. The lowest BCUT2D eigenvalue weighted by Crippen LogP contribution is -1.97. The SMILES string of the molecule is CNc1cccc(Nc2ccc(C)cc2)n1. The molecule has 2 aromatic rings. The number of hydrogen-bond donors (Lipinski definition) is 2.